The average Bonchev–Trinajstić information content (AvgIpc) is 2.92. The Bertz CT molecular complexity index is 863. The smallest absolute Gasteiger partial charge is 0.287 e. The number of rotatable bonds is 3. The van der Waals surface area contributed by atoms with E-state index in [4.69, 9.17) is 5.26 Å². The molecule has 0 fully saturated rings. The summed E-state index contributed by atoms with van der Waals surface area (Å²) in [7, 11) is 0. The second-order valence-corrected chi connectivity index (χ2v) is 4.02. The highest BCUT2D eigenvalue weighted by Gasteiger charge is 2.10. The van der Waals surface area contributed by atoms with Crippen molar-refractivity contribution in [3.8, 4) is 6.07 Å². The van der Waals surface area contributed by atoms with Crippen molar-refractivity contribution in [2.75, 3.05) is 5.32 Å². The first kappa shape index (κ1) is 12.5. The Morgan fingerprint density at radius 3 is 2.81 bits per heavy atom. The van der Waals surface area contributed by atoms with Gasteiger partial charge in [0, 0.05) is 12.3 Å². The first-order valence-electron chi connectivity index (χ1n) is 5.79. The lowest BCUT2D eigenvalue weighted by Crippen LogP contribution is -2.02. The summed E-state index contributed by atoms with van der Waals surface area (Å²) in [6.07, 6.45) is 4.10. The Kier molecular flexibility index (Phi) is 2.89. The summed E-state index contributed by atoms with van der Waals surface area (Å²) in [5, 5.41) is 26.6. The van der Waals surface area contributed by atoms with Crippen LogP contribution in [-0.4, -0.2) is 24.5 Å². The Labute approximate surface area is 117 Å². The SMILES string of the molecule is N#Cc1cnn2c(Nc3ccc([N+](=O)[O-])cn3)ccnc12. The molecular formula is C12H7N7O2. The Morgan fingerprint density at radius 1 is 1.29 bits per heavy atom. The largest absolute Gasteiger partial charge is 0.325 e. The van der Waals surface area contributed by atoms with Crippen LogP contribution in [-0.2, 0) is 0 Å². The summed E-state index contributed by atoms with van der Waals surface area (Å²) in [5.41, 5.74) is 0.686. The molecule has 0 aliphatic rings. The number of nitrogens with zero attached hydrogens (tertiary/aromatic N) is 6. The van der Waals surface area contributed by atoms with E-state index in [1.807, 2.05) is 6.07 Å². The van der Waals surface area contributed by atoms with Crippen molar-refractivity contribution in [3.05, 3.63) is 52.5 Å². The fourth-order valence-corrected chi connectivity index (χ4v) is 1.76. The van der Waals surface area contributed by atoms with E-state index in [9.17, 15) is 10.1 Å². The number of hydrogen-bond donors (Lipinski definition) is 1. The highest BCUT2D eigenvalue weighted by atomic mass is 16.6. The number of fused-ring (bicyclic) bond motifs is 1. The van der Waals surface area contributed by atoms with Gasteiger partial charge in [-0.1, -0.05) is 0 Å². The van der Waals surface area contributed by atoms with Crippen LogP contribution < -0.4 is 5.32 Å². The van der Waals surface area contributed by atoms with Crippen molar-refractivity contribution in [1.29, 1.82) is 5.26 Å². The lowest BCUT2D eigenvalue weighted by Gasteiger charge is -2.06. The molecule has 3 rings (SSSR count). The molecule has 102 valence electrons. The minimum atomic E-state index is -0.520. The molecule has 0 aliphatic heterocycles. The molecule has 3 heterocycles. The molecule has 0 amide bonds. The van der Waals surface area contributed by atoms with Crippen molar-refractivity contribution < 1.29 is 4.92 Å². The van der Waals surface area contributed by atoms with Gasteiger partial charge in [0.25, 0.3) is 5.69 Å². The van der Waals surface area contributed by atoms with E-state index in [-0.39, 0.29) is 5.69 Å². The van der Waals surface area contributed by atoms with Crippen LogP contribution in [0, 0.1) is 21.4 Å². The Balaban J connectivity index is 1.96. The second kappa shape index (κ2) is 4.86. The van der Waals surface area contributed by atoms with Crippen molar-refractivity contribution in [2.24, 2.45) is 0 Å². The molecule has 0 radical (unpaired) electrons. The van der Waals surface area contributed by atoms with Gasteiger partial charge in [-0.25, -0.2) is 9.97 Å². The summed E-state index contributed by atoms with van der Waals surface area (Å²) in [6.45, 7) is 0. The molecule has 0 bridgehead atoms. The summed E-state index contributed by atoms with van der Waals surface area (Å²) in [5.74, 6) is 0.963. The topological polar surface area (TPSA) is 122 Å². The van der Waals surface area contributed by atoms with Gasteiger partial charge in [0.15, 0.2) is 5.65 Å². The number of hydrogen-bond acceptors (Lipinski definition) is 7. The predicted octanol–water partition coefficient (Wildman–Crippen LogP) is 1.65. The number of nitrogens with one attached hydrogen (secondary N) is 1. The minimum Gasteiger partial charge on any atom is -0.325 e. The van der Waals surface area contributed by atoms with Crippen LogP contribution in [0.5, 0.6) is 0 Å². The van der Waals surface area contributed by atoms with E-state index >= 15 is 0 Å². The van der Waals surface area contributed by atoms with Gasteiger partial charge in [0.1, 0.15) is 29.5 Å². The van der Waals surface area contributed by atoms with Crippen molar-refractivity contribution in [2.45, 2.75) is 0 Å². The van der Waals surface area contributed by atoms with E-state index in [1.165, 1.54) is 29.0 Å². The van der Waals surface area contributed by atoms with Crippen LogP contribution in [0.3, 0.4) is 0 Å². The van der Waals surface area contributed by atoms with E-state index in [2.05, 4.69) is 20.4 Å². The monoisotopic (exact) mass is 281 g/mol. The molecule has 0 saturated heterocycles. The van der Waals surface area contributed by atoms with Crippen LogP contribution in [0.2, 0.25) is 0 Å². The standard InChI is InChI=1S/C12H7N7O2/c13-5-8-6-16-18-11(3-4-14-12(8)18)17-10-2-1-9(7-15-10)19(20)21/h1-4,6-7H,(H,15,17). The number of anilines is 2. The van der Waals surface area contributed by atoms with Gasteiger partial charge in [-0.15, -0.1) is 0 Å². The number of aromatic nitrogens is 4. The zero-order chi connectivity index (χ0) is 14.8. The van der Waals surface area contributed by atoms with Gasteiger partial charge >= 0.3 is 0 Å². The van der Waals surface area contributed by atoms with Gasteiger partial charge < -0.3 is 5.32 Å². The average molecular weight is 281 g/mol. The molecule has 9 heteroatoms. The quantitative estimate of drug-likeness (QED) is 0.572. The lowest BCUT2D eigenvalue weighted by atomic mass is 10.4. The maximum Gasteiger partial charge on any atom is 0.287 e. The fraction of sp³-hybridized carbons (Fsp3) is 0. The molecule has 0 aromatic carbocycles. The molecule has 0 atom stereocenters. The number of nitro groups is 1. The minimum absolute atomic E-state index is 0.0914. The Hall–Kier alpha value is -3.54. The first-order valence-corrected chi connectivity index (χ1v) is 5.79. The zero-order valence-electron chi connectivity index (χ0n) is 10.5. The molecule has 0 saturated carbocycles. The third-order valence-corrected chi connectivity index (χ3v) is 2.74. The molecule has 21 heavy (non-hydrogen) atoms. The van der Waals surface area contributed by atoms with Gasteiger partial charge in [-0.2, -0.15) is 14.9 Å². The highest BCUT2D eigenvalue weighted by Crippen LogP contribution is 2.18. The maximum absolute atomic E-state index is 10.6. The molecule has 0 unspecified atom stereocenters. The van der Waals surface area contributed by atoms with E-state index in [0.29, 0.717) is 22.8 Å². The van der Waals surface area contributed by atoms with E-state index < -0.39 is 4.92 Å². The molecule has 3 aromatic rings. The number of pyridine rings is 1. The van der Waals surface area contributed by atoms with Crippen LogP contribution in [0.15, 0.2) is 36.8 Å². The summed E-state index contributed by atoms with van der Waals surface area (Å²) >= 11 is 0. The van der Waals surface area contributed by atoms with E-state index in [1.54, 1.807) is 6.07 Å². The maximum atomic E-state index is 10.6. The summed E-state index contributed by atoms with van der Waals surface area (Å²) in [4.78, 5) is 18.1. The molecule has 3 aromatic heterocycles. The normalized spacial score (nSPS) is 10.2. The second-order valence-electron chi connectivity index (χ2n) is 4.02. The van der Waals surface area contributed by atoms with Gasteiger partial charge in [0.2, 0.25) is 0 Å². The first-order chi connectivity index (χ1) is 10.2. The third-order valence-electron chi connectivity index (χ3n) is 2.74. The summed E-state index contributed by atoms with van der Waals surface area (Å²) in [6, 6.07) is 6.48. The molecular weight excluding hydrogens is 274 g/mol. The zero-order valence-corrected chi connectivity index (χ0v) is 10.5. The lowest BCUT2D eigenvalue weighted by molar-refractivity contribution is -0.385. The van der Waals surface area contributed by atoms with Crippen LogP contribution in [0.4, 0.5) is 17.3 Å². The van der Waals surface area contributed by atoms with Crippen molar-refractivity contribution >= 4 is 23.0 Å². The third kappa shape index (κ3) is 2.21. The molecule has 0 spiro atoms. The predicted molar refractivity (Wildman–Crippen MR) is 71.9 cm³/mol. The van der Waals surface area contributed by atoms with E-state index in [0.717, 1.165) is 6.20 Å². The van der Waals surface area contributed by atoms with Gasteiger partial charge in [-0.05, 0) is 12.1 Å². The summed E-state index contributed by atoms with van der Waals surface area (Å²) < 4.78 is 1.46. The van der Waals surface area contributed by atoms with Crippen LogP contribution in [0.25, 0.3) is 5.65 Å². The Morgan fingerprint density at radius 2 is 2.14 bits per heavy atom. The molecule has 0 aliphatic carbocycles. The molecule has 9 nitrogen and oxygen atoms in total. The fourth-order valence-electron chi connectivity index (χ4n) is 1.76. The van der Waals surface area contributed by atoms with Gasteiger partial charge in [0.05, 0.1) is 11.1 Å². The molecule has 1 N–H and O–H groups in total. The van der Waals surface area contributed by atoms with Gasteiger partial charge in [-0.3, -0.25) is 10.1 Å². The van der Waals surface area contributed by atoms with Crippen molar-refractivity contribution in [3.63, 3.8) is 0 Å². The van der Waals surface area contributed by atoms with Crippen molar-refractivity contribution in [1.82, 2.24) is 19.6 Å². The van der Waals surface area contributed by atoms with Crippen LogP contribution in [0.1, 0.15) is 5.56 Å². The highest BCUT2D eigenvalue weighted by molar-refractivity contribution is 5.61. The van der Waals surface area contributed by atoms with Crippen LogP contribution >= 0.6 is 0 Å². The number of nitriles is 1.